The highest BCUT2D eigenvalue weighted by Gasteiger charge is 2.32. The largest absolute Gasteiger partial charge is 0.294 e. The van der Waals surface area contributed by atoms with Crippen molar-refractivity contribution in [2.75, 3.05) is 11.4 Å². The molecule has 0 bridgehead atoms. The first-order valence-corrected chi connectivity index (χ1v) is 5.53. The maximum absolute atomic E-state index is 11.7. The standard InChI is InChI=1S/C10H9BrN4O/c1-2-6-3-8(16)15(5-6)10-7(4-12)9(11)13-14-10/h2,6H,1,3,5H2,(H,13,14). The summed E-state index contributed by atoms with van der Waals surface area (Å²) >= 11 is 3.18. The number of nitrogens with one attached hydrogen (secondary N) is 1. The van der Waals surface area contributed by atoms with E-state index in [1.807, 2.05) is 6.07 Å². The van der Waals surface area contributed by atoms with Crippen LogP contribution in [0, 0.1) is 17.2 Å². The summed E-state index contributed by atoms with van der Waals surface area (Å²) in [5.74, 6) is 0.499. The summed E-state index contributed by atoms with van der Waals surface area (Å²) in [7, 11) is 0. The highest BCUT2D eigenvalue weighted by atomic mass is 79.9. The number of halogens is 1. The Morgan fingerprint density at radius 2 is 2.50 bits per heavy atom. The Morgan fingerprint density at radius 1 is 1.75 bits per heavy atom. The Morgan fingerprint density at radius 3 is 3.06 bits per heavy atom. The van der Waals surface area contributed by atoms with E-state index in [2.05, 4.69) is 32.7 Å². The molecule has 1 aromatic rings. The molecule has 0 spiro atoms. The number of nitriles is 1. The zero-order valence-electron chi connectivity index (χ0n) is 8.40. The van der Waals surface area contributed by atoms with Crippen LogP contribution in [0.4, 0.5) is 5.82 Å². The smallest absolute Gasteiger partial charge is 0.228 e. The van der Waals surface area contributed by atoms with Crippen LogP contribution >= 0.6 is 15.9 Å². The van der Waals surface area contributed by atoms with Crippen LogP contribution in [-0.2, 0) is 4.79 Å². The zero-order chi connectivity index (χ0) is 11.7. The number of carbonyl (C=O) groups is 1. The Bertz CT molecular complexity index is 487. The van der Waals surface area contributed by atoms with Crippen molar-refractivity contribution in [3.63, 3.8) is 0 Å². The molecule has 1 aliphatic rings. The van der Waals surface area contributed by atoms with Crippen molar-refractivity contribution in [3.8, 4) is 6.07 Å². The van der Waals surface area contributed by atoms with E-state index in [1.165, 1.54) is 4.90 Å². The third-order valence-corrected chi connectivity index (χ3v) is 3.13. The molecule has 2 rings (SSSR count). The van der Waals surface area contributed by atoms with Gasteiger partial charge in [-0.2, -0.15) is 10.4 Å². The molecule has 82 valence electrons. The average molecular weight is 281 g/mol. The number of nitrogens with zero attached hydrogens (tertiary/aromatic N) is 3. The van der Waals surface area contributed by atoms with E-state index >= 15 is 0 Å². The summed E-state index contributed by atoms with van der Waals surface area (Å²) < 4.78 is 0.500. The normalized spacial score (nSPS) is 19.9. The van der Waals surface area contributed by atoms with Gasteiger partial charge in [0.1, 0.15) is 16.2 Å². The van der Waals surface area contributed by atoms with Crippen LogP contribution in [-0.4, -0.2) is 22.6 Å². The summed E-state index contributed by atoms with van der Waals surface area (Å²) in [5, 5.41) is 15.6. The predicted octanol–water partition coefficient (Wildman–Crippen LogP) is 1.58. The van der Waals surface area contributed by atoms with Crippen molar-refractivity contribution >= 4 is 27.7 Å². The first kappa shape index (κ1) is 10.9. The lowest BCUT2D eigenvalue weighted by Gasteiger charge is -2.12. The van der Waals surface area contributed by atoms with Gasteiger partial charge < -0.3 is 0 Å². The molecular weight excluding hydrogens is 272 g/mol. The molecular formula is C10H9BrN4O. The molecule has 1 saturated heterocycles. The number of hydrogen-bond donors (Lipinski definition) is 1. The second-order valence-corrected chi connectivity index (χ2v) is 4.35. The first-order valence-electron chi connectivity index (χ1n) is 4.74. The van der Waals surface area contributed by atoms with E-state index in [4.69, 9.17) is 5.26 Å². The minimum atomic E-state index is -0.0274. The Labute approximate surface area is 101 Å². The molecule has 0 radical (unpaired) electrons. The third kappa shape index (κ3) is 1.63. The molecule has 0 aromatic carbocycles. The van der Waals surface area contributed by atoms with Gasteiger partial charge in [0.2, 0.25) is 5.91 Å². The molecule has 5 nitrogen and oxygen atoms in total. The molecule has 1 atom stereocenters. The van der Waals surface area contributed by atoms with Crippen molar-refractivity contribution < 1.29 is 4.79 Å². The van der Waals surface area contributed by atoms with E-state index in [1.54, 1.807) is 6.08 Å². The summed E-state index contributed by atoms with van der Waals surface area (Å²) in [6, 6.07) is 2.01. The summed E-state index contributed by atoms with van der Waals surface area (Å²) in [6.07, 6.45) is 2.19. The van der Waals surface area contributed by atoms with Gasteiger partial charge in [0, 0.05) is 18.9 Å². The van der Waals surface area contributed by atoms with E-state index < -0.39 is 0 Å². The summed E-state index contributed by atoms with van der Waals surface area (Å²) in [6.45, 7) is 4.21. The molecule has 0 saturated carbocycles. The highest BCUT2D eigenvalue weighted by molar-refractivity contribution is 9.10. The van der Waals surface area contributed by atoms with Crippen LogP contribution in [0.2, 0.25) is 0 Å². The van der Waals surface area contributed by atoms with Crippen molar-refractivity contribution in [2.24, 2.45) is 5.92 Å². The zero-order valence-corrected chi connectivity index (χ0v) is 9.99. The molecule has 1 N–H and O–H groups in total. The molecule has 1 unspecified atom stereocenters. The van der Waals surface area contributed by atoms with Crippen molar-refractivity contribution in [1.82, 2.24) is 10.2 Å². The van der Waals surface area contributed by atoms with Gasteiger partial charge in [-0.3, -0.25) is 14.8 Å². The van der Waals surface area contributed by atoms with Gasteiger partial charge in [0.25, 0.3) is 0 Å². The van der Waals surface area contributed by atoms with Gasteiger partial charge in [-0.1, -0.05) is 6.08 Å². The SMILES string of the molecule is C=CC1CC(=O)N(c2n[nH]c(Br)c2C#N)C1. The van der Waals surface area contributed by atoms with Crippen LogP contribution in [0.5, 0.6) is 0 Å². The number of carbonyl (C=O) groups excluding carboxylic acids is 1. The van der Waals surface area contributed by atoms with Gasteiger partial charge in [-0.05, 0) is 15.9 Å². The number of anilines is 1. The Kier molecular flexibility index (Phi) is 2.79. The van der Waals surface area contributed by atoms with E-state index in [0.717, 1.165) is 0 Å². The average Bonchev–Trinajstić information content (AvgIpc) is 2.81. The maximum atomic E-state index is 11.7. The predicted molar refractivity (Wildman–Crippen MR) is 61.7 cm³/mol. The molecule has 1 amide bonds. The number of H-pyrrole nitrogens is 1. The van der Waals surface area contributed by atoms with Gasteiger partial charge in [0.05, 0.1) is 0 Å². The fourth-order valence-electron chi connectivity index (χ4n) is 1.70. The summed E-state index contributed by atoms with van der Waals surface area (Å²) in [4.78, 5) is 13.2. The molecule has 1 aliphatic heterocycles. The molecule has 2 heterocycles. The topological polar surface area (TPSA) is 72.8 Å². The van der Waals surface area contributed by atoms with E-state index in [-0.39, 0.29) is 11.8 Å². The number of hydrogen-bond acceptors (Lipinski definition) is 3. The minimum absolute atomic E-state index is 0.0274. The fraction of sp³-hybridized carbons (Fsp3) is 0.300. The van der Waals surface area contributed by atoms with Crippen LogP contribution in [0.15, 0.2) is 17.3 Å². The number of aromatic nitrogens is 2. The van der Waals surface area contributed by atoms with E-state index in [0.29, 0.717) is 29.0 Å². The van der Waals surface area contributed by atoms with Gasteiger partial charge in [0.15, 0.2) is 5.82 Å². The van der Waals surface area contributed by atoms with Crippen molar-refractivity contribution in [1.29, 1.82) is 5.26 Å². The Balaban J connectivity index is 2.35. The minimum Gasteiger partial charge on any atom is -0.294 e. The number of rotatable bonds is 2. The van der Waals surface area contributed by atoms with Crippen molar-refractivity contribution in [3.05, 3.63) is 22.8 Å². The third-order valence-electron chi connectivity index (χ3n) is 2.56. The number of amides is 1. The lowest BCUT2D eigenvalue weighted by Crippen LogP contribution is -2.25. The summed E-state index contributed by atoms with van der Waals surface area (Å²) in [5.41, 5.74) is 0.359. The van der Waals surface area contributed by atoms with E-state index in [9.17, 15) is 4.79 Å². The van der Waals surface area contributed by atoms with Crippen molar-refractivity contribution in [2.45, 2.75) is 6.42 Å². The quantitative estimate of drug-likeness (QED) is 0.836. The van der Waals surface area contributed by atoms with Crippen LogP contribution in [0.3, 0.4) is 0 Å². The second-order valence-electron chi connectivity index (χ2n) is 3.55. The van der Waals surface area contributed by atoms with Crippen LogP contribution in [0.25, 0.3) is 0 Å². The highest BCUT2D eigenvalue weighted by Crippen LogP contribution is 2.29. The van der Waals surface area contributed by atoms with Gasteiger partial charge >= 0.3 is 0 Å². The van der Waals surface area contributed by atoms with Crippen LogP contribution < -0.4 is 4.90 Å². The first-order chi connectivity index (χ1) is 7.67. The second kappa shape index (κ2) is 4.10. The maximum Gasteiger partial charge on any atom is 0.228 e. The number of aromatic amines is 1. The Hall–Kier alpha value is -1.61. The fourth-order valence-corrected chi connectivity index (χ4v) is 2.06. The lowest BCUT2D eigenvalue weighted by molar-refractivity contribution is -0.117. The molecule has 1 aromatic heterocycles. The molecule has 1 fully saturated rings. The van der Waals surface area contributed by atoms with Gasteiger partial charge in [-0.15, -0.1) is 6.58 Å². The van der Waals surface area contributed by atoms with Crippen LogP contribution in [0.1, 0.15) is 12.0 Å². The monoisotopic (exact) mass is 280 g/mol. The lowest BCUT2D eigenvalue weighted by atomic mass is 10.1. The molecule has 16 heavy (non-hydrogen) atoms. The molecule has 6 heteroatoms. The molecule has 0 aliphatic carbocycles. The van der Waals surface area contributed by atoms with Gasteiger partial charge in [-0.25, -0.2) is 0 Å².